The van der Waals surface area contributed by atoms with Crippen molar-refractivity contribution in [1.29, 1.82) is 0 Å². The zero-order chi connectivity index (χ0) is 16.4. The quantitative estimate of drug-likeness (QED) is 0.762. The van der Waals surface area contributed by atoms with Crippen LogP contribution in [0.1, 0.15) is 29.9 Å². The molecule has 0 atom stereocenters. The second-order valence-corrected chi connectivity index (χ2v) is 6.31. The van der Waals surface area contributed by atoms with Gasteiger partial charge in [0.15, 0.2) is 0 Å². The maximum Gasteiger partial charge on any atom is 0.416 e. The van der Waals surface area contributed by atoms with Gasteiger partial charge in [-0.25, -0.2) is 0 Å². The minimum atomic E-state index is -4.34. The fraction of sp³-hybridized carbons (Fsp3) is 0.333. The van der Waals surface area contributed by atoms with Gasteiger partial charge in [0, 0.05) is 5.02 Å². The first-order valence-electron chi connectivity index (χ1n) is 7.62. The fourth-order valence-electron chi connectivity index (χ4n) is 3.02. The van der Waals surface area contributed by atoms with Crippen LogP contribution in [-0.2, 0) is 6.18 Å². The molecule has 0 spiro atoms. The molecule has 0 bridgehead atoms. The average Bonchev–Trinajstić information content (AvgIpc) is 2.55. The van der Waals surface area contributed by atoms with Crippen LogP contribution in [0.15, 0.2) is 42.5 Å². The zero-order valence-corrected chi connectivity index (χ0v) is 13.2. The Bertz CT molecular complexity index is 674. The second kappa shape index (κ2) is 6.54. The molecule has 1 N–H and O–H groups in total. The van der Waals surface area contributed by atoms with Gasteiger partial charge >= 0.3 is 6.18 Å². The smallest absolute Gasteiger partial charge is 0.317 e. The molecule has 0 aromatic heterocycles. The number of benzene rings is 2. The van der Waals surface area contributed by atoms with Gasteiger partial charge in [-0.05, 0) is 72.8 Å². The summed E-state index contributed by atoms with van der Waals surface area (Å²) in [5, 5.41) is 3.81. The lowest BCUT2D eigenvalue weighted by molar-refractivity contribution is -0.137. The van der Waals surface area contributed by atoms with E-state index in [1.165, 1.54) is 12.1 Å². The monoisotopic (exact) mass is 339 g/mol. The normalized spacial score (nSPS) is 16.5. The van der Waals surface area contributed by atoms with Crippen molar-refractivity contribution >= 4 is 11.6 Å². The number of hydrogen-bond acceptors (Lipinski definition) is 1. The summed E-state index contributed by atoms with van der Waals surface area (Å²) >= 11 is 5.87. The van der Waals surface area contributed by atoms with E-state index in [4.69, 9.17) is 11.6 Å². The third-order valence-corrected chi connectivity index (χ3v) is 4.52. The van der Waals surface area contributed by atoms with E-state index in [-0.39, 0.29) is 5.92 Å². The van der Waals surface area contributed by atoms with Gasteiger partial charge in [0.1, 0.15) is 0 Å². The summed E-state index contributed by atoms with van der Waals surface area (Å²) in [4.78, 5) is 0. The standard InChI is InChI=1S/C18H17ClF3N/c19-17-3-1-12(2-4-17)14-9-15(13-5-7-23-8-6-13)11-16(10-14)18(20,21)22/h1-4,9-11,13,23H,5-8H2. The van der Waals surface area contributed by atoms with Crippen LogP contribution in [-0.4, -0.2) is 13.1 Å². The average molecular weight is 340 g/mol. The Morgan fingerprint density at radius 1 is 0.913 bits per heavy atom. The Kier molecular flexibility index (Phi) is 4.64. The lowest BCUT2D eigenvalue weighted by Crippen LogP contribution is -2.26. The van der Waals surface area contributed by atoms with E-state index in [1.54, 1.807) is 24.3 Å². The van der Waals surface area contributed by atoms with E-state index < -0.39 is 11.7 Å². The van der Waals surface area contributed by atoms with Gasteiger partial charge in [-0.3, -0.25) is 0 Å². The minimum Gasteiger partial charge on any atom is -0.317 e. The van der Waals surface area contributed by atoms with Crippen LogP contribution >= 0.6 is 11.6 Å². The van der Waals surface area contributed by atoms with Crippen LogP contribution in [0, 0.1) is 0 Å². The van der Waals surface area contributed by atoms with Gasteiger partial charge in [-0.1, -0.05) is 29.8 Å². The minimum absolute atomic E-state index is 0.171. The highest BCUT2D eigenvalue weighted by molar-refractivity contribution is 6.30. The molecule has 0 unspecified atom stereocenters. The third-order valence-electron chi connectivity index (χ3n) is 4.27. The summed E-state index contributed by atoms with van der Waals surface area (Å²) in [7, 11) is 0. The molecule has 122 valence electrons. The third kappa shape index (κ3) is 3.88. The predicted octanol–water partition coefficient (Wildman–Crippen LogP) is 5.49. The molecule has 1 heterocycles. The number of alkyl halides is 3. The van der Waals surface area contributed by atoms with Crippen molar-refractivity contribution in [3.63, 3.8) is 0 Å². The summed E-state index contributed by atoms with van der Waals surface area (Å²) in [6, 6.07) is 11.3. The van der Waals surface area contributed by atoms with Crippen LogP contribution in [0.25, 0.3) is 11.1 Å². The van der Waals surface area contributed by atoms with Gasteiger partial charge in [0.05, 0.1) is 5.56 Å². The molecule has 1 nitrogen and oxygen atoms in total. The van der Waals surface area contributed by atoms with Gasteiger partial charge in [0.2, 0.25) is 0 Å². The molecule has 1 aliphatic heterocycles. The lowest BCUT2D eigenvalue weighted by atomic mass is 9.87. The van der Waals surface area contributed by atoms with Crippen molar-refractivity contribution in [1.82, 2.24) is 5.32 Å². The summed E-state index contributed by atoms with van der Waals surface area (Å²) in [6.45, 7) is 1.69. The largest absolute Gasteiger partial charge is 0.416 e. The van der Waals surface area contributed by atoms with Crippen molar-refractivity contribution in [2.45, 2.75) is 24.9 Å². The lowest BCUT2D eigenvalue weighted by Gasteiger charge is -2.24. The van der Waals surface area contributed by atoms with Gasteiger partial charge in [-0.2, -0.15) is 13.2 Å². The molecule has 0 saturated carbocycles. The molecule has 2 aromatic carbocycles. The summed E-state index contributed by atoms with van der Waals surface area (Å²) < 4.78 is 39.8. The second-order valence-electron chi connectivity index (χ2n) is 5.87. The molecule has 0 aliphatic carbocycles. The zero-order valence-electron chi connectivity index (χ0n) is 12.5. The van der Waals surface area contributed by atoms with Crippen molar-refractivity contribution in [2.24, 2.45) is 0 Å². The van der Waals surface area contributed by atoms with Crippen LogP contribution in [0.4, 0.5) is 13.2 Å². The maximum absolute atomic E-state index is 13.3. The van der Waals surface area contributed by atoms with E-state index in [0.717, 1.165) is 37.1 Å². The Morgan fingerprint density at radius 3 is 2.17 bits per heavy atom. The number of piperidine rings is 1. The Morgan fingerprint density at radius 2 is 1.57 bits per heavy atom. The molecule has 0 radical (unpaired) electrons. The van der Waals surface area contributed by atoms with Crippen LogP contribution in [0.5, 0.6) is 0 Å². The SMILES string of the molecule is FC(F)(F)c1cc(-c2ccc(Cl)cc2)cc(C2CCNCC2)c1. The number of hydrogen-bond donors (Lipinski definition) is 1. The first-order chi connectivity index (χ1) is 10.9. The first-order valence-corrected chi connectivity index (χ1v) is 8.00. The van der Waals surface area contributed by atoms with Gasteiger partial charge in [-0.15, -0.1) is 0 Å². The van der Waals surface area contributed by atoms with E-state index in [9.17, 15) is 13.2 Å². The molecular formula is C18H17ClF3N. The molecule has 23 heavy (non-hydrogen) atoms. The van der Waals surface area contributed by atoms with Gasteiger partial charge < -0.3 is 5.32 Å². The summed E-state index contributed by atoms with van der Waals surface area (Å²) in [5.74, 6) is 0.171. The molecule has 1 saturated heterocycles. The van der Waals surface area contributed by atoms with Crippen LogP contribution < -0.4 is 5.32 Å². The molecular weight excluding hydrogens is 323 g/mol. The summed E-state index contributed by atoms with van der Waals surface area (Å²) in [6.07, 6.45) is -2.62. The van der Waals surface area contributed by atoms with E-state index in [2.05, 4.69) is 5.32 Å². The van der Waals surface area contributed by atoms with E-state index >= 15 is 0 Å². The molecule has 5 heteroatoms. The van der Waals surface area contributed by atoms with Crippen LogP contribution in [0.2, 0.25) is 5.02 Å². The number of halogens is 4. The molecule has 0 amide bonds. The Hall–Kier alpha value is -1.52. The maximum atomic E-state index is 13.3. The number of nitrogens with one attached hydrogen (secondary N) is 1. The topological polar surface area (TPSA) is 12.0 Å². The molecule has 2 aromatic rings. The highest BCUT2D eigenvalue weighted by Crippen LogP contribution is 2.37. The van der Waals surface area contributed by atoms with Gasteiger partial charge in [0.25, 0.3) is 0 Å². The van der Waals surface area contributed by atoms with Crippen LogP contribution in [0.3, 0.4) is 0 Å². The van der Waals surface area contributed by atoms with Crippen molar-refractivity contribution in [3.05, 3.63) is 58.6 Å². The summed E-state index contributed by atoms with van der Waals surface area (Å²) in [5.41, 5.74) is 1.52. The Labute approximate surface area is 138 Å². The van der Waals surface area contributed by atoms with Crippen molar-refractivity contribution < 1.29 is 13.2 Å². The molecule has 1 fully saturated rings. The molecule has 1 aliphatic rings. The predicted molar refractivity (Wildman–Crippen MR) is 86.7 cm³/mol. The highest BCUT2D eigenvalue weighted by Gasteiger charge is 2.32. The Balaban J connectivity index is 2.05. The first kappa shape index (κ1) is 16.3. The van der Waals surface area contributed by atoms with Crippen molar-refractivity contribution in [2.75, 3.05) is 13.1 Å². The van der Waals surface area contributed by atoms with E-state index in [1.807, 2.05) is 6.07 Å². The highest BCUT2D eigenvalue weighted by atomic mass is 35.5. The molecule has 3 rings (SSSR count). The van der Waals surface area contributed by atoms with Crippen molar-refractivity contribution in [3.8, 4) is 11.1 Å². The number of rotatable bonds is 2. The fourth-order valence-corrected chi connectivity index (χ4v) is 3.14. The van der Waals surface area contributed by atoms with E-state index in [0.29, 0.717) is 10.6 Å².